The van der Waals surface area contributed by atoms with Crippen molar-refractivity contribution in [2.45, 2.75) is 45.7 Å². The number of piperidine rings is 1. The van der Waals surface area contributed by atoms with E-state index in [-0.39, 0.29) is 0 Å². The van der Waals surface area contributed by atoms with Gasteiger partial charge in [0.1, 0.15) is 5.82 Å². The van der Waals surface area contributed by atoms with Crippen molar-refractivity contribution in [3.63, 3.8) is 0 Å². The van der Waals surface area contributed by atoms with Crippen LogP contribution in [-0.4, -0.2) is 40.0 Å². The zero-order valence-electron chi connectivity index (χ0n) is 12.6. The number of aryl methyl sites for hydroxylation is 1. The van der Waals surface area contributed by atoms with E-state index in [4.69, 9.17) is 0 Å². The van der Waals surface area contributed by atoms with E-state index in [1.807, 2.05) is 6.92 Å². The van der Waals surface area contributed by atoms with Gasteiger partial charge in [-0.3, -0.25) is 0 Å². The molecule has 1 saturated heterocycles. The van der Waals surface area contributed by atoms with Gasteiger partial charge in [-0.25, -0.2) is 4.98 Å². The molecule has 0 amide bonds. The largest absolute Gasteiger partial charge is 0.382 e. The zero-order chi connectivity index (χ0) is 14.1. The van der Waals surface area contributed by atoms with Gasteiger partial charge in [0.15, 0.2) is 0 Å². The third-order valence-electron chi connectivity index (χ3n) is 4.23. The number of hydrogen-bond acceptors (Lipinski definition) is 3. The van der Waals surface area contributed by atoms with Crippen LogP contribution in [0.25, 0.3) is 11.0 Å². The third-order valence-corrected chi connectivity index (χ3v) is 4.23. The quantitative estimate of drug-likeness (QED) is 0.902. The molecule has 1 aromatic carbocycles. The first-order chi connectivity index (χ1) is 9.61. The molecule has 1 aliphatic rings. The molecule has 0 atom stereocenters. The Bertz CT molecular complexity index is 579. The number of fused-ring (bicyclic) bond motifs is 1. The third kappa shape index (κ3) is 2.80. The molecule has 0 radical (unpaired) electrons. The summed E-state index contributed by atoms with van der Waals surface area (Å²) in [6.45, 7) is 8.95. The fraction of sp³-hybridized carbons (Fsp3) is 0.562. The minimum Gasteiger partial charge on any atom is -0.382 e. The molecule has 4 heteroatoms. The molecule has 20 heavy (non-hydrogen) atoms. The fourth-order valence-corrected chi connectivity index (χ4v) is 3.02. The summed E-state index contributed by atoms with van der Waals surface area (Å²) in [4.78, 5) is 10.3. The first-order valence-corrected chi connectivity index (χ1v) is 7.59. The second-order valence-corrected chi connectivity index (χ2v) is 6.10. The van der Waals surface area contributed by atoms with Crippen molar-refractivity contribution in [1.29, 1.82) is 0 Å². The highest BCUT2D eigenvalue weighted by molar-refractivity contribution is 5.79. The Morgan fingerprint density at radius 2 is 2.05 bits per heavy atom. The highest BCUT2D eigenvalue weighted by Crippen LogP contribution is 2.21. The van der Waals surface area contributed by atoms with Crippen molar-refractivity contribution in [1.82, 2.24) is 14.9 Å². The molecular weight excluding hydrogens is 248 g/mol. The molecule has 108 valence electrons. The smallest absolute Gasteiger partial charge is 0.104 e. The Hall–Kier alpha value is -1.55. The van der Waals surface area contributed by atoms with Crippen LogP contribution in [0.3, 0.4) is 0 Å². The second-order valence-electron chi connectivity index (χ2n) is 6.10. The maximum atomic E-state index is 4.44. The molecule has 1 aliphatic heterocycles. The van der Waals surface area contributed by atoms with E-state index in [2.05, 4.69) is 52.2 Å². The second kappa shape index (κ2) is 5.44. The van der Waals surface area contributed by atoms with E-state index in [1.165, 1.54) is 31.6 Å². The Morgan fingerprint density at radius 1 is 1.30 bits per heavy atom. The highest BCUT2D eigenvalue weighted by atomic mass is 15.2. The molecule has 0 aliphatic carbocycles. The topological polar surface area (TPSA) is 44.0 Å². The lowest BCUT2D eigenvalue weighted by Gasteiger charge is -2.35. The normalized spacial score (nSPS) is 18.0. The lowest BCUT2D eigenvalue weighted by Crippen LogP contribution is -2.42. The number of anilines is 1. The van der Waals surface area contributed by atoms with Crippen LogP contribution < -0.4 is 5.32 Å². The Morgan fingerprint density at radius 3 is 2.75 bits per heavy atom. The summed E-state index contributed by atoms with van der Waals surface area (Å²) < 4.78 is 0. The van der Waals surface area contributed by atoms with E-state index in [0.29, 0.717) is 12.1 Å². The standard InChI is InChI=1S/C16H24N4/c1-11(2)20-8-6-13(7-9-20)19-14-4-5-15-16(10-14)18-12(3)17-15/h4-5,10-11,13,19H,6-9H2,1-3H3,(H,17,18). The van der Waals surface area contributed by atoms with Gasteiger partial charge in [0.25, 0.3) is 0 Å². The Kier molecular flexibility index (Phi) is 3.66. The summed E-state index contributed by atoms with van der Waals surface area (Å²) in [6.07, 6.45) is 2.44. The molecule has 2 aromatic rings. The fourth-order valence-electron chi connectivity index (χ4n) is 3.02. The van der Waals surface area contributed by atoms with E-state index < -0.39 is 0 Å². The van der Waals surface area contributed by atoms with Gasteiger partial charge in [0, 0.05) is 30.9 Å². The van der Waals surface area contributed by atoms with Crippen LogP contribution in [0.5, 0.6) is 0 Å². The monoisotopic (exact) mass is 272 g/mol. The highest BCUT2D eigenvalue weighted by Gasteiger charge is 2.20. The first kappa shape index (κ1) is 13.4. The SMILES string of the molecule is Cc1nc2ccc(NC3CCN(C(C)C)CC3)cc2[nH]1. The molecule has 2 heterocycles. The van der Waals surface area contributed by atoms with Crippen molar-refractivity contribution < 1.29 is 0 Å². The van der Waals surface area contributed by atoms with Crippen molar-refractivity contribution in [2.75, 3.05) is 18.4 Å². The van der Waals surface area contributed by atoms with E-state index in [0.717, 1.165) is 16.9 Å². The number of benzene rings is 1. The van der Waals surface area contributed by atoms with Gasteiger partial charge >= 0.3 is 0 Å². The summed E-state index contributed by atoms with van der Waals surface area (Å²) >= 11 is 0. The molecular formula is C16H24N4. The average molecular weight is 272 g/mol. The van der Waals surface area contributed by atoms with Gasteiger partial charge in [-0.15, -0.1) is 0 Å². The summed E-state index contributed by atoms with van der Waals surface area (Å²) in [6, 6.07) is 7.65. The van der Waals surface area contributed by atoms with Gasteiger partial charge in [0.05, 0.1) is 11.0 Å². The minimum absolute atomic E-state index is 0.589. The molecule has 0 unspecified atom stereocenters. The van der Waals surface area contributed by atoms with Crippen molar-refractivity contribution >= 4 is 16.7 Å². The number of nitrogens with zero attached hydrogens (tertiary/aromatic N) is 2. The predicted octanol–water partition coefficient (Wildman–Crippen LogP) is 3.16. The summed E-state index contributed by atoms with van der Waals surface area (Å²) in [5.41, 5.74) is 3.36. The number of imidazole rings is 1. The molecule has 0 spiro atoms. The zero-order valence-corrected chi connectivity index (χ0v) is 12.6. The van der Waals surface area contributed by atoms with Crippen molar-refractivity contribution in [3.05, 3.63) is 24.0 Å². The predicted molar refractivity (Wildman–Crippen MR) is 84.2 cm³/mol. The maximum Gasteiger partial charge on any atom is 0.104 e. The van der Waals surface area contributed by atoms with Crippen LogP contribution in [0, 0.1) is 6.92 Å². The van der Waals surface area contributed by atoms with Crippen LogP contribution in [-0.2, 0) is 0 Å². The van der Waals surface area contributed by atoms with Crippen LogP contribution in [0.4, 0.5) is 5.69 Å². The molecule has 4 nitrogen and oxygen atoms in total. The van der Waals surface area contributed by atoms with Crippen molar-refractivity contribution in [3.8, 4) is 0 Å². The Labute approximate surface area is 120 Å². The lowest BCUT2D eigenvalue weighted by molar-refractivity contribution is 0.177. The number of likely N-dealkylation sites (tertiary alicyclic amines) is 1. The van der Waals surface area contributed by atoms with Crippen LogP contribution >= 0.6 is 0 Å². The lowest BCUT2D eigenvalue weighted by atomic mass is 10.0. The van der Waals surface area contributed by atoms with Crippen LogP contribution in [0.15, 0.2) is 18.2 Å². The van der Waals surface area contributed by atoms with Gasteiger partial charge in [-0.1, -0.05) is 0 Å². The average Bonchev–Trinajstić information content (AvgIpc) is 2.78. The Balaban J connectivity index is 1.65. The molecule has 0 saturated carbocycles. The van der Waals surface area contributed by atoms with Gasteiger partial charge < -0.3 is 15.2 Å². The first-order valence-electron chi connectivity index (χ1n) is 7.59. The molecule has 1 aromatic heterocycles. The van der Waals surface area contributed by atoms with E-state index in [1.54, 1.807) is 0 Å². The molecule has 1 fully saturated rings. The van der Waals surface area contributed by atoms with Crippen LogP contribution in [0.1, 0.15) is 32.5 Å². The van der Waals surface area contributed by atoms with Crippen molar-refractivity contribution in [2.24, 2.45) is 0 Å². The number of rotatable bonds is 3. The van der Waals surface area contributed by atoms with Gasteiger partial charge in [-0.2, -0.15) is 0 Å². The molecule has 0 bridgehead atoms. The van der Waals surface area contributed by atoms with Gasteiger partial charge in [-0.05, 0) is 51.8 Å². The minimum atomic E-state index is 0.589. The number of H-pyrrole nitrogens is 1. The maximum absolute atomic E-state index is 4.44. The number of hydrogen-bond donors (Lipinski definition) is 2. The summed E-state index contributed by atoms with van der Waals surface area (Å²) in [7, 11) is 0. The number of aromatic nitrogens is 2. The summed E-state index contributed by atoms with van der Waals surface area (Å²) in [5, 5.41) is 3.67. The van der Waals surface area contributed by atoms with E-state index >= 15 is 0 Å². The summed E-state index contributed by atoms with van der Waals surface area (Å²) in [5.74, 6) is 0.974. The number of nitrogens with one attached hydrogen (secondary N) is 2. The molecule has 3 rings (SSSR count). The number of aromatic amines is 1. The van der Waals surface area contributed by atoms with Crippen LogP contribution in [0.2, 0.25) is 0 Å². The van der Waals surface area contributed by atoms with E-state index in [9.17, 15) is 0 Å². The van der Waals surface area contributed by atoms with Gasteiger partial charge in [0.2, 0.25) is 0 Å². The molecule has 2 N–H and O–H groups in total.